The van der Waals surface area contributed by atoms with Gasteiger partial charge in [0.2, 0.25) is 0 Å². The second-order valence-electron chi connectivity index (χ2n) is 5.42. The number of carbonyl (C=O) groups is 1. The molecule has 0 fully saturated rings. The van der Waals surface area contributed by atoms with Gasteiger partial charge in [0.05, 0.1) is 13.0 Å². The van der Waals surface area contributed by atoms with Gasteiger partial charge in [-0.05, 0) is 36.0 Å². The van der Waals surface area contributed by atoms with Crippen molar-refractivity contribution in [1.29, 1.82) is 0 Å². The molecule has 1 aliphatic carbocycles. The number of rotatable bonds is 4. The van der Waals surface area contributed by atoms with Gasteiger partial charge in [-0.25, -0.2) is 0 Å². The van der Waals surface area contributed by atoms with Crippen molar-refractivity contribution in [3.05, 3.63) is 69.1 Å². The van der Waals surface area contributed by atoms with Gasteiger partial charge in [0.1, 0.15) is 0 Å². The van der Waals surface area contributed by atoms with Gasteiger partial charge in [0.25, 0.3) is 5.56 Å². The number of aryl methyl sites for hydroxylation is 1. The molecule has 1 heterocycles. The molecule has 3 rings (SSSR count). The molecule has 0 atom stereocenters. The molecule has 0 aliphatic heterocycles. The van der Waals surface area contributed by atoms with Crippen LogP contribution in [-0.4, -0.2) is 15.6 Å². The van der Waals surface area contributed by atoms with E-state index < -0.39 is 5.97 Å². The van der Waals surface area contributed by atoms with Crippen LogP contribution in [-0.2, 0) is 30.6 Å². The molecule has 1 N–H and O–H groups in total. The number of pyridine rings is 1. The summed E-state index contributed by atoms with van der Waals surface area (Å²) in [4.78, 5) is 23.1. The third-order valence-corrected chi connectivity index (χ3v) is 4.04. The van der Waals surface area contributed by atoms with E-state index in [-0.39, 0.29) is 12.0 Å². The number of hydrogen-bond donors (Lipinski definition) is 1. The number of benzene rings is 1. The van der Waals surface area contributed by atoms with E-state index in [9.17, 15) is 9.59 Å². The molecular formula is C17H17NO3. The van der Waals surface area contributed by atoms with Crippen molar-refractivity contribution < 1.29 is 9.90 Å². The lowest BCUT2D eigenvalue weighted by molar-refractivity contribution is -0.136. The van der Waals surface area contributed by atoms with Crippen LogP contribution in [0.5, 0.6) is 0 Å². The van der Waals surface area contributed by atoms with E-state index >= 15 is 0 Å². The Labute approximate surface area is 122 Å². The summed E-state index contributed by atoms with van der Waals surface area (Å²) in [6, 6.07) is 11.0. The number of aliphatic carboxylic acids is 1. The minimum atomic E-state index is -0.854. The molecule has 1 aromatic carbocycles. The molecule has 1 aromatic heterocycles. The summed E-state index contributed by atoms with van der Waals surface area (Å²) in [5, 5.41) is 9.00. The Kier molecular flexibility index (Phi) is 3.60. The Bertz CT molecular complexity index is 746. The Morgan fingerprint density at radius 1 is 1.10 bits per heavy atom. The highest BCUT2D eigenvalue weighted by atomic mass is 16.4. The Morgan fingerprint density at radius 3 is 2.62 bits per heavy atom. The molecule has 0 saturated carbocycles. The molecule has 108 valence electrons. The van der Waals surface area contributed by atoms with Crippen LogP contribution >= 0.6 is 0 Å². The maximum atomic E-state index is 12.2. The first-order valence-corrected chi connectivity index (χ1v) is 7.15. The van der Waals surface area contributed by atoms with Crippen molar-refractivity contribution in [3.63, 3.8) is 0 Å². The monoisotopic (exact) mass is 283 g/mol. The van der Waals surface area contributed by atoms with Crippen LogP contribution in [0.25, 0.3) is 0 Å². The van der Waals surface area contributed by atoms with Gasteiger partial charge in [-0.15, -0.1) is 0 Å². The van der Waals surface area contributed by atoms with Crippen molar-refractivity contribution in [3.8, 4) is 0 Å². The van der Waals surface area contributed by atoms with Gasteiger partial charge >= 0.3 is 5.97 Å². The van der Waals surface area contributed by atoms with Crippen molar-refractivity contribution in [2.75, 3.05) is 0 Å². The highest BCUT2D eigenvalue weighted by Gasteiger charge is 2.16. The third kappa shape index (κ3) is 2.75. The van der Waals surface area contributed by atoms with E-state index in [1.165, 1.54) is 5.56 Å². The maximum Gasteiger partial charge on any atom is 0.307 e. The van der Waals surface area contributed by atoms with Gasteiger partial charge in [-0.2, -0.15) is 0 Å². The van der Waals surface area contributed by atoms with Crippen LogP contribution in [0.2, 0.25) is 0 Å². The molecule has 2 aromatic rings. The number of fused-ring (bicyclic) bond motifs is 1. The van der Waals surface area contributed by atoms with Crippen molar-refractivity contribution in [1.82, 2.24) is 4.57 Å². The highest BCUT2D eigenvalue weighted by Crippen LogP contribution is 2.21. The molecule has 0 amide bonds. The number of nitrogens with zero attached hydrogens (tertiary/aromatic N) is 1. The molecule has 0 saturated heterocycles. The SMILES string of the molecule is O=C(O)Cc1ccccc1Cn1c2c(ccc1=O)CCC2. The van der Waals surface area contributed by atoms with Crippen LogP contribution in [0, 0.1) is 0 Å². The van der Waals surface area contributed by atoms with Gasteiger partial charge in [-0.3, -0.25) is 9.59 Å². The Hall–Kier alpha value is -2.36. The first kappa shape index (κ1) is 13.6. The van der Waals surface area contributed by atoms with Gasteiger partial charge in [-0.1, -0.05) is 30.3 Å². The quantitative estimate of drug-likeness (QED) is 0.933. The zero-order chi connectivity index (χ0) is 14.8. The van der Waals surface area contributed by atoms with Crippen molar-refractivity contribution in [2.24, 2.45) is 0 Å². The molecule has 4 heteroatoms. The lowest BCUT2D eigenvalue weighted by Gasteiger charge is -2.14. The minimum Gasteiger partial charge on any atom is -0.481 e. The lowest BCUT2D eigenvalue weighted by atomic mass is 10.0. The Balaban J connectivity index is 2.00. The minimum absolute atomic E-state index is 0.0132. The molecule has 0 unspecified atom stereocenters. The van der Waals surface area contributed by atoms with E-state index in [0.717, 1.165) is 36.1 Å². The Morgan fingerprint density at radius 2 is 1.86 bits per heavy atom. The summed E-state index contributed by atoms with van der Waals surface area (Å²) in [5.41, 5.74) is 4.01. The molecule has 0 radical (unpaired) electrons. The number of hydrogen-bond acceptors (Lipinski definition) is 2. The van der Waals surface area contributed by atoms with Gasteiger partial charge in [0.15, 0.2) is 0 Å². The number of carboxylic acid groups (broad SMARTS) is 1. The fourth-order valence-electron chi connectivity index (χ4n) is 3.02. The maximum absolute atomic E-state index is 12.2. The third-order valence-electron chi connectivity index (χ3n) is 4.04. The number of carboxylic acids is 1. The topological polar surface area (TPSA) is 59.3 Å². The van der Waals surface area contributed by atoms with Crippen LogP contribution in [0.3, 0.4) is 0 Å². The fraction of sp³-hybridized carbons (Fsp3) is 0.294. The number of aromatic nitrogens is 1. The second kappa shape index (κ2) is 5.56. The summed E-state index contributed by atoms with van der Waals surface area (Å²) >= 11 is 0. The van der Waals surface area contributed by atoms with Crippen molar-refractivity contribution in [2.45, 2.75) is 32.2 Å². The lowest BCUT2D eigenvalue weighted by Crippen LogP contribution is -2.24. The molecular weight excluding hydrogens is 266 g/mol. The summed E-state index contributed by atoms with van der Waals surface area (Å²) in [7, 11) is 0. The van der Waals surface area contributed by atoms with E-state index in [2.05, 4.69) is 0 Å². The zero-order valence-electron chi connectivity index (χ0n) is 11.7. The van der Waals surface area contributed by atoms with Crippen LogP contribution in [0.15, 0.2) is 41.2 Å². The molecule has 0 bridgehead atoms. The summed E-state index contributed by atoms with van der Waals surface area (Å²) < 4.78 is 1.79. The molecule has 0 spiro atoms. The first-order chi connectivity index (χ1) is 10.1. The van der Waals surface area contributed by atoms with E-state index in [1.807, 2.05) is 30.3 Å². The van der Waals surface area contributed by atoms with E-state index in [1.54, 1.807) is 10.6 Å². The summed E-state index contributed by atoms with van der Waals surface area (Å²) in [5.74, 6) is -0.854. The predicted molar refractivity (Wildman–Crippen MR) is 79.6 cm³/mol. The average molecular weight is 283 g/mol. The zero-order valence-corrected chi connectivity index (χ0v) is 11.7. The fourth-order valence-corrected chi connectivity index (χ4v) is 3.02. The molecule has 4 nitrogen and oxygen atoms in total. The van der Waals surface area contributed by atoms with Gasteiger partial charge in [0, 0.05) is 11.8 Å². The molecule has 1 aliphatic rings. The smallest absolute Gasteiger partial charge is 0.307 e. The van der Waals surface area contributed by atoms with Crippen LogP contribution in [0.4, 0.5) is 0 Å². The standard InChI is InChI=1S/C17H17NO3/c19-16-9-8-12-6-3-7-15(12)18(16)11-14-5-2-1-4-13(14)10-17(20)21/h1-2,4-5,8-9H,3,6-7,10-11H2,(H,20,21). The predicted octanol–water partition coefficient (Wildman–Crippen LogP) is 2.01. The second-order valence-corrected chi connectivity index (χ2v) is 5.42. The van der Waals surface area contributed by atoms with E-state index in [0.29, 0.717) is 6.54 Å². The van der Waals surface area contributed by atoms with E-state index in [4.69, 9.17) is 5.11 Å². The van der Waals surface area contributed by atoms with Crippen LogP contribution < -0.4 is 5.56 Å². The molecule has 21 heavy (non-hydrogen) atoms. The first-order valence-electron chi connectivity index (χ1n) is 7.15. The van der Waals surface area contributed by atoms with Crippen molar-refractivity contribution >= 4 is 5.97 Å². The normalized spacial score (nSPS) is 13.1. The van der Waals surface area contributed by atoms with Gasteiger partial charge < -0.3 is 9.67 Å². The highest BCUT2D eigenvalue weighted by molar-refractivity contribution is 5.70. The summed E-state index contributed by atoms with van der Waals surface area (Å²) in [6.07, 6.45) is 3.01. The summed E-state index contributed by atoms with van der Waals surface area (Å²) in [6.45, 7) is 0.450. The largest absolute Gasteiger partial charge is 0.481 e. The van der Waals surface area contributed by atoms with Crippen LogP contribution in [0.1, 0.15) is 28.8 Å². The average Bonchev–Trinajstić information content (AvgIpc) is 2.92.